The van der Waals surface area contributed by atoms with Gasteiger partial charge >= 0.3 is 12.7 Å². The molecule has 0 fully saturated rings. The number of carbonyl (C=O) groups is 1. The molecule has 0 saturated heterocycles. The van der Waals surface area contributed by atoms with Crippen LogP contribution in [0.15, 0.2) is 66.8 Å². The minimum absolute atomic E-state index is 0.0685. The molecule has 0 spiro atoms. The van der Waals surface area contributed by atoms with E-state index in [-0.39, 0.29) is 22.6 Å². The molecule has 1 amide bonds. The van der Waals surface area contributed by atoms with Gasteiger partial charge in [-0.05, 0) is 55.5 Å². The Hall–Kier alpha value is -4.40. The van der Waals surface area contributed by atoms with Crippen LogP contribution in [0.4, 0.5) is 26.3 Å². The normalized spacial score (nSPS) is 19.8. The van der Waals surface area contributed by atoms with Gasteiger partial charge in [-0.2, -0.15) is 10.5 Å². The largest absolute Gasteiger partial charge is 0.573 e. The molecule has 0 radical (unpaired) electrons. The Balaban J connectivity index is 1.77. The lowest BCUT2D eigenvalue weighted by Crippen LogP contribution is -2.49. The maximum atomic E-state index is 13.0. The monoisotopic (exact) mass is 601 g/mol. The third kappa shape index (κ3) is 8.79. The van der Waals surface area contributed by atoms with Gasteiger partial charge in [0.15, 0.2) is 23.1 Å². The van der Waals surface area contributed by atoms with Crippen LogP contribution in [-0.2, 0) is 4.74 Å². The lowest BCUT2D eigenvalue weighted by Gasteiger charge is -2.33. The van der Waals surface area contributed by atoms with Crippen LogP contribution in [0, 0.1) is 22.7 Å². The fourth-order valence-electron chi connectivity index (χ4n) is 3.34. The van der Waals surface area contributed by atoms with E-state index in [1.807, 2.05) is 12.1 Å². The number of hydrogen-bond donors (Lipinski definition) is 1. The van der Waals surface area contributed by atoms with Crippen LogP contribution in [0.5, 0.6) is 17.2 Å². The number of allylic oxidation sites excluding steroid dienone is 2. The molecule has 15 heteroatoms. The van der Waals surface area contributed by atoms with E-state index in [4.69, 9.17) is 21.1 Å². The van der Waals surface area contributed by atoms with Crippen LogP contribution in [0.25, 0.3) is 0 Å². The van der Waals surface area contributed by atoms with Crippen LogP contribution < -0.4 is 19.5 Å². The molecular formula is C26H18ClF6N3O5. The number of nitrogens with zero attached hydrogens (tertiary/aromatic N) is 2. The van der Waals surface area contributed by atoms with Crippen LogP contribution >= 0.6 is 11.6 Å². The van der Waals surface area contributed by atoms with Gasteiger partial charge in [0, 0.05) is 11.6 Å². The number of nitriles is 2. The summed E-state index contributed by atoms with van der Waals surface area (Å²) in [6, 6.07) is 11.3. The van der Waals surface area contributed by atoms with Crippen molar-refractivity contribution in [2.24, 2.45) is 0 Å². The van der Waals surface area contributed by atoms with Gasteiger partial charge in [-0.15, -0.1) is 26.3 Å². The van der Waals surface area contributed by atoms with Crippen LogP contribution in [0.2, 0.25) is 0 Å². The molecule has 8 nitrogen and oxygen atoms in total. The van der Waals surface area contributed by atoms with Crippen molar-refractivity contribution in [1.29, 1.82) is 10.5 Å². The van der Waals surface area contributed by atoms with Crippen LogP contribution in [-0.4, -0.2) is 41.9 Å². The molecule has 1 aliphatic carbocycles. The Morgan fingerprint density at radius 1 is 1.02 bits per heavy atom. The molecule has 2 aromatic rings. The third-order valence-electron chi connectivity index (χ3n) is 5.21. The maximum Gasteiger partial charge on any atom is 0.573 e. The van der Waals surface area contributed by atoms with E-state index >= 15 is 0 Å². The Bertz CT molecular complexity index is 1420. The summed E-state index contributed by atoms with van der Waals surface area (Å²) in [6.07, 6.45) is -6.82. The number of nitrogens with one attached hydrogen (secondary N) is 1. The van der Waals surface area contributed by atoms with Crippen LogP contribution in [0.1, 0.15) is 22.8 Å². The number of halogens is 7. The molecule has 1 N–H and O–H groups in total. The highest BCUT2D eigenvalue weighted by molar-refractivity contribution is 6.25. The highest BCUT2D eigenvalue weighted by Crippen LogP contribution is 2.39. The molecule has 216 valence electrons. The van der Waals surface area contributed by atoms with Crippen molar-refractivity contribution < 1.29 is 50.1 Å². The molecule has 0 bridgehead atoms. The maximum absolute atomic E-state index is 13.0. The Morgan fingerprint density at radius 2 is 1.71 bits per heavy atom. The van der Waals surface area contributed by atoms with Crippen molar-refractivity contribution in [2.45, 2.75) is 36.4 Å². The van der Waals surface area contributed by atoms with Gasteiger partial charge in [-0.25, -0.2) is 0 Å². The second kappa shape index (κ2) is 12.0. The van der Waals surface area contributed by atoms with Gasteiger partial charge in [0.2, 0.25) is 5.06 Å². The second-order valence-corrected chi connectivity index (χ2v) is 9.15. The summed E-state index contributed by atoms with van der Waals surface area (Å²) >= 11 is 6.06. The standard InChI is InChI=1S/C26H18ClF6N3O5/c1-23(14-35,36-22(37)17-6-8-18(9-7-17)40-25(28,29)30)15-38-20-12-16(13-34)5-10-19(20)39-21-4-2-3-11-24(21,27)41-26(31,32)33/h2-12,21H,15H2,1H3,(H,36,37)/t21?,23-,24?/m0/s1. The summed E-state index contributed by atoms with van der Waals surface area (Å²) in [5, 5.41) is 18.9. The minimum Gasteiger partial charge on any atom is -0.486 e. The molecule has 2 unspecified atom stereocenters. The third-order valence-corrected chi connectivity index (χ3v) is 5.63. The average molecular weight is 602 g/mol. The lowest BCUT2D eigenvalue weighted by molar-refractivity contribution is -0.350. The Kier molecular flexibility index (Phi) is 9.11. The molecule has 3 atom stereocenters. The topological polar surface area (TPSA) is 114 Å². The van der Waals surface area contributed by atoms with E-state index in [1.165, 1.54) is 43.4 Å². The highest BCUT2D eigenvalue weighted by atomic mass is 35.5. The number of benzene rings is 2. The van der Waals surface area contributed by atoms with Crippen molar-refractivity contribution in [1.82, 2.24) is 5.32 Å². The van der Waals surface area contributed by atoms with Gasteiger partial charge < -0.3 is 19.5 Å². The summed E-state index contributed by atoms with van der Waals surface area (Å²) in [6.45, 7) is 0.720. The number of carbonyl (C=O) groups excluding carboxylic acids is 1. The zero-order valence-corrected chi connectivity index (χ0v) is 21.5. The van der Waals surface area contributed by atoms with Gasteiger partial charge in [0.05, 0.1) is 17.7 Å². The van der Waals surface area contributed by atoms with Gasteiger partial charge in [0.25, 0.3) is 5.91 Å². The van der Waals surface area contributed by atoms with E-state index in [1.54, 1.807) is 0 Å². The Morgan fingerprint density at radius 3 is 2.29 bits per heavy atom. The summed E-state index contributed by atoms with van der Waals surface area (Å²) < 4.78 is 95.1. The molecule has 0 aliphatic heterocycles. The summed E-state index contributed by atoms with van der Waals surface area (Å²) in [5.74, 6) is -1.75. The van der Waals surface area contributed by atoms with Crippen molar-refractivity contribution >= 4 is 17.5 Å². The fourth-order valence-corrected chi connectivity index (χ4v) is 3.62. The molecule has 0 aromatic heterocycles. The van der Waals surface area contributed by atoms with Crippen molar-refractivity contribution in [3.63, 3.8) is 0 Å². The first-order valence-corrected chi connectivity index (χ1v) is 11.7. The molecule has 41 heavy (non-hydrogen) atoms. The van der Waals surface area contributed by atoms with Crippen LogP contribution in [0.3, 0.4) is 0 Å². The summed E-state index contributed by atoms with van der Waals surface area (Å²) in [7, 11) is 0. The predicted octanol–water partition coefficient (Wildman–Crippen LogP) is 5.89. The van der Waals surface area contributed by atoms with E-state index in [0.717, 1.165) is 30.3 Å². The van der Waals surface area contributed by atoms with Gasteiger partial charge in [-0.1, -0.05) is 23.8 Å². The number of alkyl halides is 7. The highest BCUT2D eigenvalue weighted by Gasteiger charge is 2.47. The van der Waals surface area contributed by atoms with E-state index < -0.39 is 47.7 Å². The SMILES string of the molecule is C[C@](C#N)(COc1cc(C#N)ccc1OC1C=CC=CC1(Cl)OC(F)(F)F)NC(=O)c1ccc(OC(F)(F)F)cc1. The van der Waals surface area contributed by atoms with Gasteiger partial charge in [0.1, 0.15) is 12.4 Å². The zero-order valence-electron chi connectivity index (χ0n) is 20.7. The molecule has 0 heterocycles. The Labute approximate surface area is 233 Å². The molecule has 2 aromatic carbocycles. The first-order valence-electron chi connectivity index (χ1n) is 11.3. The lowest BCUT2D eigenvalue weighted by atomic mass is 10.0. The van der Waals surface area contributed by atoms with E-state index in [9.17, 15) is 41.7 Å². The second-order valence-electron chi connectivity index (χ2n) is 8.56. The first kappa shape index (κ1) is 31.1. The average Bonchev–Trinajstić information content (AvgIpc) is 2.87. The molecule has 3 rings (SSSR count). The number of ether oxygens (including phenoxy) is 4. The number of hydrogen-bond acceptors (Lipinski definition) is 7. The molecular weight excluding hydrogens is 584 g/mol. The van der Waals surface area contributed by atoms with Crippen molar-refractivity contribution in [3.05, 3.63) is 77.9 Å². The summed E-state index contributed by atoms with van der Waals surface area (Å²) in [4.78, 5) is 12.7. The summed E-state index contributed by atoms with van der Waals surface area (Å²) in [5.41, 5.74) is -1.77. The number of rotatable bonds is 9. The van der Waals surface area contributed by atoms with E-state index in [2.05, 4.69) is 14.8 Å². The smallest absolute Gasteiger partial charge is 0.486 e. The van der Waals surface area contributed by atoms with Gasteiger partial charge in [-0.3, -0.25) is 9.53 Å². The molecule has 0 saturated carbocycles. The minimum atomic E-state index is -5.11. The zero-order chi connectivity index (χ0) is 30.5. The van der Waals surface area contributed by atoms with E-state index in [0.29, 0.717) is 0 Å². The fraction of sp³-hybridized carbons (Fsp3) is 0.269. The van der Waals surface area contributed by atoms with Crippen molar-refractivity contribution in [2.75, 3.05) is 6.61 Å². The quantitative estimate of drug-likeness (QED) is 0.281. The van der Waals surface area contributed by atoms with Crippen molar-refractivity contribution in [3.8, 4) is 29.4 Å². The first-order chi connectivity index (χ1) is 19.0. The molecule has 1 aliphatic rings. The predicted molar refractivity (Wildman–Crippen MR) is 130 cm³/mol. The number of amides is 1.